The van der Waals surface area contributed by atoms with Gasteiger partial charge in [0.15, 0.2) is 5.82 Å². The fourth-order valence-corrected chi connectivity index (χ4v) is 3.51. The van der Waals surface area contributed by atoms with Gasteiger partial charge in [0, 0.05) is 31.9 Å². The summed E-state index contributed by atoms with van der Waals surface area (Å²) >= 11 is 0. The summed E-state index contributed by atoms with van der Waals surface area (Å²) < 4.78 is 14.7. The first kappa shape index (κ1) is 19.6. The van der Waals surface area contributed by atoms with Crippen LogP contribution in [-0.2, 0) is 4.79 Å². The van der Waals surface area contributed by atoms with Crippen molar-refractivity contribution in [2.24, 2.45) is 0 Å². The van der Waals surface area contributed by atoms with Gasteiger partial charge in [0.1, 0.15) is 17.4 Å². The van der Waals surface area contributed by atoms with Crippen LogP contribution in [0.5, 0.6) is 0 Å². The second-order valence-electron chi connectivity index (χ2n) is 7.05. The number of halogens is 1. The largest absolute Gasteiger partial charge is 0.369 e. The average molecular weight is 404 g/mol. The minimum absolute atomic E-state index is 0.195. The Hall–Kier alpha value is -3.70. The number of nitriles is 1. The lowest BCUT2D eigenvalue weighted by Crippen LogP contribution is -2.48. The van der Waals surface area contributed by atoms with E-state index in [9.17, 15) is 14.4 Å². The second kappa shape index (κ2) is 8.76. The fourth-order valence-electron chi connectivity index (χ4n) is 3.51. The van der Waals surface area contributed by atoms with Crippen LogP contribution in [-0.4, -0.2) is 53.3 Å². The monoisotopic (exact) mass is 404 g/mol. The quantitative estimate of drug-likeness (QED) is 0.708. The van der Waals surface area contributed by atoms with Crippen LogP contribution in [0, 0.1) is 17.1 Å². The molecule has 3 aromatic rings. The van der Waals surface area contributed by atoms with Crippen LogP contribution in [0.3, 0.4) is 0 Å². The summed E-state index contributed by atoms with van der Waals surface area (Å²) in [4.78, 5) is 16.9. The third-order valence-corrected chi connectivity index (χ3v) is 5.08. The van der Waals surface area contributed by atoms with Crippen LogP contribution in [0.1, 0.15) is 5.56 Å². The summed E-state index contributed by atoms with van der Waals surface area (Å²) in [6.45, 7) is 3.17. The maximum atomic E-state index is 13.1. The van der Waals surface area contributed by atoms with E-state index in [-0.39, 0.29) is 18.3 Å². The first-order valence-corrected chi connectivity index (χ1v) is 9.70. The molecule has 4 rings (SSSR count). The lowest BCUT2D eigenvalue weighted by molar-refractivity contribution is -0.117. The number of nitrogens with zero attached hydrogens (tertiary/aromatic N) is 5. The van der Waals surface area contributed by atoms with E-state index < -0.39 is 0 Å². The number of hydrogen-bond acceptors (Lipinski definition) is 5. The van der Waals surface area contributed by atoms with Gasteiger partial charge in [-0.3, -0.25) is 9.69 Å². The predicted molar refractivity (Wildman–Crippen MR) is 112 cm³/mol. The van der Waals surface area contributed by atoms with Crippen molar-refractivity contribution in [1.29, 1.82) is 5.26 Å². The van der Waals surface area contributed by atoms with Crippen LogP contribution in [0.15, 0.2) is 60.8 Å². The molecule has 2 heterocycles. The van der Waals surface area contributed by atoms with Crippen LogP contribution in [0.2, 0.25) is 0 Å². The molecule has 0 atom stereocenters. The van der Waals surface area contributed by atoms with E-state index in [0.29, 0.717) is 24.5 Å². The van der Waals surface area contributed by atoms with Gasteiger partial charge < -0.3 is 10.2 Å². The van der Waals surface area contributed by atoms with Crippen molar-refractivity contribution in [3.05, 3.63) is 72.2 Å². The fraction of sp³-hybridized carbons (Fsp3) is 0.227. The normalized spacial score (nSPS) is 14.3. The molecule has 1 fully saturated rings. The Morgan fingerprint density at radius 2 is 1.73 bits per heavy atom. The topological polar surface area (TPSA) is 77.2 Å². The Labute approximate surface area is 173 Å². The first-order valence-electron chi connectivity index (χ1n) is 9.70. The highest BCUT2D eigenvalue weighted by Gasteiger charge is 2.21. The van der Waals surface area contributed by atoms with Crippen LogP contribution < -0.4 is 10.2 Å². The second-order valence-corrected chi connectivity index (χ2v) is 7.05. The van der Waals surface area contributed by atoms with E-state index in [2.05, 4.69) is 26.3 Å². The van der Waals surface area contributed by atoms with Gasteiger partial charge in [-0.05, 0) is 36.4 Å². The van der Waals surface area contributed by atoms with Gasteiger partial charge in [-0.1, -0.05) is 18.2 Å². The molecule has 1 aromatic heterocycles. The minimum Gasteiger partial charge on any atom is -0.369 e. The molecule has 1 aliphatic rings. The molecule has 0 spiro atoms. The van der Waals surface area contributed by atoms with Gasteiger partial charge in [-0.15, -0.1) is 0 Å². The highest BCUT2D eigenvalue weighted by atomic mass is 19.1. The zero-order valence-corrected chi connectivity index (χ0v) is 16.3. The number of benzene rings is 2. The zero-order chi connectivity index (χ0) is 20.9. The number of para-hydroxylation sites is 1. The first-order chi connectivity index (χ1) is 14.6. The maximum absolute atomic E-state index is 13.1. The van der Waals surface area contributed by atoms with Crippen molar-refractivity contribution in [3.8, 4) is 11.8 Å². The summed E-state index contributed by atoms with van der Waals surface area (Å²) in [5.74, 6) is -0.0707. The molecule has 0 bridgehead atoms. The molecule has 30 heavy (non-hydrogen) atoms. The highest BCUT2D eigenvalue weighted by Crippen LogP contribution is 2.20. The minimum atomic E-state index is -0.250. The third-order valence-electron chi connectivity index (χ3n) is 5.08. The molecule has 0 radical (unpaired) electrons. The molecule has 2 aromatic carbocycles. The molecule has 7 nitrogen and oxygen atoms in total. The lowest BCUT2D eigenvalue weighted by atomic mass is 10.2. The molecule has 1 amide bonds. The molecular formula is C22H21FN6O. The number of piperazine rings is 1. The van der Waals surface area contributed by atoms with Gasteiger partial charge in [-0.2, -0.15) is 10.4 Å². The summed E-state index contributed by atoms with van der Waals surface area (Å²) in [5.41, 5.74) is 2.06. The number of nitrogens with one attached hydrogen (secondary N) is 1. The SMILES string of the molecule is N#Cc1cnn(-c2ccccc2)c1NC(=O)CN1CCN(c2ccc(F)cc2)CC1. The van der Waals surface area contributed by atoms with Gasteiger partial charge in [0.2, 0.25) is 5.91 Å². The number of aromatic nitrogens is 2. The Balaban J connectivity index is 1.37. The molecule has 1 N–H and O–H groups in total. The predicted octanol–water partition coefficient (Wildman–Crippen LogP) is 2.64. The molecular weight excluding hydrogens is 383 g/mol. The lowest BCUT2D eigenvalue weighted by Gasteiger charge is -2.35. The molecule has 0 saturated carbocycles. The third kappa shape index (κ3) is 4.31. The summed E-state index contributed by atoms with van der Waals surface area (Å²) in [6, 6.07) is 17.9. The highest BCUT2D eigenvalue weighted by molar-refractivity contribution is 5.93. The number of anilines is 2. The molecule has 8 heteroatoms. The van der Waals surface area contributed by atoms with Crippen molar-refractivity contribution in [2.45, 2.75) is 0 Å². The number of carbonyl (C=O) groups is 1. The van der Waals surface area contributed by atoms with Crippen molar-refractivity contribution in [3.63, 3.8) is 0 Å². The van der Waals surface area contributed by atoms with Gasteiger partial charge >= 0.3 is 0 Å². The van der Waals surface area contributed by atoms with Gasteiger partial charge in [0.25, 0.3) is 0 Å². The molecule has 0 unspecified atom stereocenters. The van der Waals surface area contributed by atoms with E-state index in [0.717, 1.165) is 24.5 Å². The van der Waals surface area contributed by atoms with Crippen LogP contribution in [0.25, 0.3) is 5.69 Å². The Bertz CT molecular complexity index is 1050. The van der Waals surface area contributed by atoms with E-state index in [4.69, 9.17) is 0 Å². The Kier molecular flexibility index (Phi) is 5.72. The maximum Gasteiger partial charge on any atom is 0.239 e. The van der Waals surface area contributed by atoms with Crippen molar-refractivity contribution in [2.75, 3.05) is 42.9 Å². The van der Waals surface area contributed by atoms with E-state index in [1.165, 1.54) is 18.3 Å². The van der Waals surface area contributed by atoms with Crippen molar-refractivity contribution in [1.82, 2.24) is 14.7 Å². The summed E-state index contributed by atoms with van der Waals surface area (Å²) in [7, 11) is 0. The number of rotatable bonds is 5. The summed E-state index contributed by atoms with van der Waals surface area (Å²) in [5, 5.41) is 16.5. The average Bonchev–Trinajstić information content (AvgIpc) is 3.18. The van der Waals surface area contributed by atoms with E-state index in [1.54, 1.807) is 16.8 Å². The number of hydrogen-bond donors (Lipinski definition) is 1. The molecule has 152 valence electrons. The van der Waals surface area contributed by atoms with Crippen LogP contribution >= 0.6 is 0 Å². The Morgan fingerprint density at radius 3 is 2.40 bits per heavy atom. The summed E-state index contributed by atoms with van der Waals surface area (Å²) in [6.07, 6.45) is 1.45. The zero-order valence-electron chi connectivity index (χ0n) is 16.3. The van der Waals surface area contributed by atoms with Crippen LogP contribution in [0.4, 0.5) is 15.9 Å². The molecule has 1 aliphatic heterocycles. The number of carbonyl (C=O) groups excluding carboxylic acids is 1. The van der Waals surface area contributed by atoms with E-state index >= 15 is 0 Å². The smallest absolute Gasteiger partial charge is 0.239 e. The van der Waals surface area contributed by atoms with Crippen molar-refractivity contribution < 1.29 is 9.18 Å². The molecule has 1 saturated heterocycles. The van der Waals surface area contributed by atoms with Gasteiger partial charge in [0.05, 0.1) is 18.4 Å². The molecule has 0 aliphatic carbocycles. The van der Waals surface area contributed by atoms with Gasteiger partial charge in [-0.25, -0.2) is 9.07 Å². The van der Waals surface area contributed by atoms with E-state index in [1.807, 2.05) is 30.3 Å². The number of amides is 1. The standard InChI is InChI=1S/C22H21FN6O/c23-18-6-8-19(9-7-18)28-12-10-27(11-13-28)16-21(30)26-22-17(14-24)15-25-29(22)20-4-2-1-3-5-20/h1-9,15H,10-13,16H2,(H,26,30). The van der Waals surface area contributed by atoms with Crippen molar-refractivity contribution >= 4 is 17.4 Å². The Morgan fingerprint density at radius 1 is 1.03 bits per heavy atom.